The minimum absolute atomic E-state index is 0.0362. The number of amides is 1. The van der Waals surface area contributed by atoms with E-state index < -0.39 is 11.8 Å². The molecule has 1 saturated heterocycles. The van der Waals surface area contributed by atoms with E-state index in [0.29, 0.717) is 18.6 Å². The first-order valence-electron chi connectivity index (χ1n) is 6.58. The molecule has 2 atom stereocenters. The van der Waals surface area contributed by atoms with Crippen LogP contribution in [0.25, 0.3) is 6.08 Å². The van der Waals surface area contributed by atoms with Gasteiger partial charge in [-0.3, -0.25) is 4.79 Å². The molecule has 112 valence electrons. The lowest BCUT2D eigenvalue weighted by Crippen LogP contribution is -2.23. The van der Waals surface area contributed by atoms with E-state index in [1.807, 2.05) is 6.92 Å². The molecule has 0 radical (unpaired) electrons. The summed E-state index contributed by atoms with van der Waals surface area (Å²) in [5.74, 6) is -2.26. The smallest absolute Gasteiger partial charge is 0.328 e. The van der Waals surface area contributed by atoms with E-state index in [4.69, 9.17) is 9.84 Å². The number of carboxylic acid groups (broad SMARTS) is 1. The molecule has 2 rings (SSSR count). The number of hydrogen-bond donors (Lipinski definition) is 2. The van der Waals surface area contributed by atoms with Crippen molar-refractivity contribution >= 4 is 23.6 Å². The maximum absolute atomic E-state index is 13.9. The Bertz CT molecular complexity index is 585. The van der Waals surface area contributed by atoms with Crippen LogP contribution in [0.3, 0.4) is 0 Å². The molecule has 1 aliphatic rings. The summed E-state index contributed by atoms with van der Waals surface area (Å²) in [5, 5.41) is 11.0. The van der Waals surface area contributed by atoms with Gasteiger partial charge in [0.25, 0.3) is 0 Å². The minimum atomic E-state index is -1.11. The van der Waals surface area contributed by atoms with Gasteiger partial charge < -0.3 is 15.2 Å². The SMILES string of the molecule is CC1CC(C(=O)Nc2ccc(/C=C/C(=O)O)cc2F)CO1. The maximum Gasteiger partial charge on any atom is 0.328 e. The zero-order valence-corrected chi connectivity index (χ0v) is 11.5. The summed E-state index contributed by atoms with van der Waals surface area (Å²) in [6.07, 6.45) is 2.86. The van der Waals surface area contributed by atoms with Gasteiger partial charge in [0.15, 0.2) is 0 Å². The van der Waals surface area contributed by atoms with Crippen LogP contribution < -0.4 is 5.32 Å². The molecule has 0 aromatic heterocycles. The van der Waals surface area contributed by atoms with Crippen LogP contribution in [0.15, 0.2) is 24.3 Å². The lowest BCUT2D eigenvalue weighted by atomic mass is 10.1. The van der Waals surface area contributed by atoms with Gasteiger partial charge in [-0.1, -0.05) is 6.07 Å². The van der Waals surface area contributed by atoms with Gasteiger partial charge in [-0.15, -0.1) is 0 Å². The van der Waals surface area contributed by atoms with Gasteiger partial charge in [-0.2, -0.15) is 0 Å². The molecule has 21 heavy (non-hydrogen) atoms. The summed E-state index contributed by atoms with van der Waals surface area (Å²) >= 11 is 0. The molecular formula is C15H16FNO4. The third-order valence-electron chi connectivity index (χ3n) is 3.24. The van der Waals surface area contributed by atoms with Crippen molar-refractivity contribution < 1.29 is 23.8 Å². The summed E-state index contributed by atoms with van der Waals surface area (Å²) < 4.78 is 19.2. The molecule has 2 N–H and O–H groups in total. The van der Waals surface area contributed by atoms with Crippen LogP contribution in [-0.2, 0) is 14.3 Å². The predicted octanol–water partition coefficient (Wildman–Crippen LogP) is 2.29. The zero-order chi connectivity index (χ0) is 15.4. The standard InChI is InChI=1S/C15H16FNO4/c1-9-6-11(8-21-9)15(20)17-13-4-2-10(7-12(13)16)3-5-14(18)19/h2-5,7,9,11H,6,8H2,1H3,(H,17,20)(H,18,19)/b5-3+. The van der Waals surface area contributed by atoms with Gasteiger partial charge in [-0.25, -0.2) is 9.18 Å². The van der Waals surface area contributed by atoms with Crippen LogP contribution in [0.4, 0.5) is 10.1 Å². The van der Waals surface area contributed by atoms with Crippen molar-refractivity contribution in [1.29, 1.82) is 0 Å². The van der Waals surface area contributed by atoms with Crippen molar-refractivity contribution in [3.8, 4) is 0 Å². The molecule has 0 saturated carbocycles. The second-order valence-electron chi connectivity index (χ2n) is 4.98. The molecular weight excluding hydrogens is 277 g/mol. The highest BCUT2D eigenvalue weighted by atomic mass is 19.1. The summed E-state index contributed by atoms with van der Waals surface area (Å²) in [4.78, 5) is 22.4. The Labute approximate surface area is 121 Å². The van der Waals surface area contributed by atoms with Gasteiger partial charge in [0, 0.05) is 6.08 Å². The average Bonchev–Trinajstić information content (AvgIpc) is 2.86. The van der Waals surface area contributed by atoms with E-state index >= 15 is 0 Å². The van der Waals surface area contributed by atoms with Crippen LogP contribution >= 0.6 is 0 Å². The van der Waals surface area contributed by atoms with E-state index in [9.17, 15) is 14.0 Å². The van der Waals surface area contributed by atoms with Crippen molar-refractivity contribution in [3.05, 3.63) is 35.7 Å². The van der Waals surface area contributed by atoms with E-state index in [1.165, 1.54) is 24.3 Å². The van der Waals surface area contributed by atoms with Crippen LogP contribution in [0.2, 0.25) is 0 Å². The number of aliphatic carboxylic acids is 1. The number of benzene rings is 1. The maximum atomic E-state index is 13.9. The number of halogens is 1. The Morgan fingerprint density at radius 3 is 2.81 bits per heavy atom. The van der Waals surface area contributed by atoms with Gasteiger partial charge in [0.05, 0.1) is 24.3 Å². The van der Waals surface area contributed by atoms with Gasteiger partial charge in [-0.05, 0) is 37.1 Å². The predicted molar refractivity (Wildman–Crippen MR) is 75.2 cm³/mol. The Hall–Kier alpha value is -2.21. The molecule has 1 aromatic rings. The summed E-state index contributed by atoms with van der Waals surface area (Å²) in [6.45, 7) is 2.23. The monoisotopic (exact) mass is 293 g/mol. The number of anilines is 1. The molecule has 0 spiro atoms. The van der Waals surface area contributed by atoms with Gasteiger partial charge >= 0.3 is 5.97 Å². The van der Waals surface area contributed by atoms with Gasteiger partial charge in [0.2, 0.25) is 5.91 Å². The summed E-state index contributed by atoms with van der Waals surface area (Å²) in [5.41, 5.74) is 0.484. The number of carbonyl (C=O) groups is 2. The highest BCUT2D eigenvalue weighted by molar-refractivity contribution is 5.93. The quantitative estimate of drug-likeness (QED) is 0.835. The van der Waals surface area contributed by atoms with Crippen molar-refractivity contribution in [3.63, 3.8) is 0 Å². The van der Waals surface area contributed by atoms with Gasteiger partial charge in [0.1, 0.15) is 5.82 Å². The molecule has 1 amide bonds. The molecule has 6 heteroatoms. The molecule has 2 unspecified atom stereocenters. The Kier molecular flexibility index (Phi) is 4.70. The number of rotatable bonds is 4. The Balaban J connectivity index is 2.04. The minimum Gasteiger partial charge on any atom is -0.478 e. The third-order valence-corrected chi connectivity index (χ3v) is 3.24. The normalized spacial score (nSPS) is 21.6. The molecule has 5 nitrogen and oxygen atoms in total. The lowest BCUT2D eigenvalue weighted by molar-refractivity contribution is -0.131. The van der Waals surface area contributed by atoms with E-state index in [0.717, 1.165) is 6.08 Å². The molecule has 1 aliphatic heterocycles. The van der Waals surface area contributed by atoms with E-state index in [-0.39, 0.29) is 23.6 Å². The van der Waals surface area contributed by atoms with Crippen LogP contribution in [0.5, 0.6) is 0 Å². The van der Waals surface area contributed by atoms with Crippen molar-refractivity contribution in [2.45, 2.75) is 19.4 Å². The third kappa shape index (κ3) is 4.13. The zero-order valence-electron chi connectivity index (χ0n) is 11.5. The Morgan fingerprint density at radius 1 is 1.48 bits per heavy atom. The van der Waals surface area contributed by atoms with Crippen LogP contribution in [-0.4, -0.2) is 29.7 Å². The Morgan fingerprint density at radius 2 is 2.24 bits per heavy atom. The van der Waals surface area contributed by atoms with Crippen molar-refractivity contribution in [2.75, 3.05) is 11.9 Å². The second kappa shape index (κ2) is 6.49. The number of hydrogen-bond acceptors (Lipinski definition) is 3. The highest BCUT2D eigenvalue weighted by Gasteiger charge is 2.28. The number of carbonyl (C=O) groups excluding carboxylic acids is 1. The van der Waals surface area contributed by atoms with Crippen LogP contribution in [0.1, 0.15) is 18.9 Å². The average molecular weight is 293 g/mol. The number of ether oxygens (including phenoxy) is 1. The molecule has 1 heterocycles. The van der Waals surface area contributed by atoms with E-state index in [2.05, 4.69) is 5.32 Å². The second-order valence-corrected chi connectivity index (χ2v) is 4.98. The van der Waals surface area contributed by atoms with Crippen molar-refractivity contribution in [2.24, 2.45) is 5.92 Å². The fourth-order valence-electron chi connectivity index (χ4n) is 2.14. The largest absolute Gasteiger partial charge is 0.478 e. The van der Waals surface area contributed by atoms with Crippen molar-refractivity contribution in [1.82, 2.24) is 0 Å². The molecule has 1 aromatic carbocycles. The lowest BCUT2D eigenvalue weighted by Gasteiger charge is -2.10. The topological polar surface area (TPSA) is 75.6 Å². The fraction of sp³-hybridized carbons (Fsp3) is 0.333. The molecule has 0 bridgehead atoms. The first-order valence-corrected chi connectivity index (χ1v) is 6.58. The summed E-state index contributed by atoms with van der Waals surface area (Å²) in [7, 11) is 0. The highest BCUT2D eigenvalue weighted by Crippen LogP contribution is 2.22. The number of carboxylic acids is 1. The van der Waals surface area contributed by atoms with Crippen LogP contribution in [0, 0.1) is 11.7 Å². The first kappa shape index (κ1) is 15.2. The molecule has 1 fully saturated rings. The summed E-state index contributed by atoms with van der Waals surface area (Å²) in [6, 6.07) is 4.11. The number of nitrogens with one attached hydrogen (secondary N) is 1. The fourth-order valence-corrected chi connectivity index (χ4v) is 2.14. The van der Waals surface area contributed by atoms with E-state index in [1.54, 1.807) is 0 Å². The molecule has 0 aliphatic carbocycles. The first-order chi connectivity index (χ1) is 9.95.